The first-order valence-corrected chi connectivity index (χ1v) is 6.20. The minimum absolute atomic E-state index is 0.0509. The first-order valence-electron chi connectivity index (χ1n) is 6.20. The third-order valence-corrected chi connectivity index (χ3v) is 3.05. The zero-order chi connectivity index (χ0) is 14.6. The van der Waals surface area contributed by atoms with Crippen molar-refractivity contribution in [1.82, 2.24) is 5.32 Å². The molecule has 0 fully saturated rings. The number of carbonyl (C=O) groups is 2. The summed E-state index contributed by atoms with van der Waals surface area (Å²) in [6.45, 7) is 5.58. The fourth-order valence-corrected chi connectivity index (χ4v) is 1.71. The van der Waals surface area contributed by atoms with E-state index in [0.29, 0.717) is 11.3 Å². The highest BCUT2D eigenvalue weighted by Crippen LogP contribution is 2.14. The fraction of sp³-hybridized carbons (Fsp3) is 0.429. The summed E-state index contributed by atoms with van der Waals surface area (Å²) in [7, 11) is 0. The van der Waals surface area contributed by atoms with E-state index >= 15 is 0 Å². The topological polar surface area (TPSA) is 92.4 Å². The van der Waals surface area contributed by atoms with Crippen molar-refractivity contribution < 1.29 is 14.7 Å². The Morgan fingerprint density at radius 3 is 2.47 bits per heavy atom. The van der Waals surface area contributed by atoms with Crippen LogP contribution in [-0.4, -0.2) is 23.0 Å². The monoisotopic (exact) mass is 264 g/mol. The maximum atomic E-state index is 12.1. The Hall–Kier alpha value is -2.04. The van der Waals surface area contributed by atoms with Crippen LogP contribution in [0.15, 0.2) is 18.2 Å². The van der Waals surface area contributed by atoms with Crippen LogP contribution in [0, 0.1) is 12.8 Å². The summed E-state index contributed by atoms with van der Waals surface area (Å²) in [6, 6.07) is 4.62. The zero-order valence-corrected chi connectivity index (χ0v) is 11.4. The summed E-state index contributed by atoms with van der Waals surface area (Å²) < 4.78 is 0. The van der Waals surface area contributed by atoms with Gasteiger partial charge >= 0.3 is 5.97 Å². The van der Waals surface area contributed by atoms with Gasteiger partial charge in [-0.3, -0.25) is 9.59 Å². The van der Waals surface area contributed by atoms with Crippen molar-refractivity contribution in [2.45, 2.75) is 33.2 Å². The van der Waals surface area contributed by atoms with E-state index in [1.165, 1.54) is 0 Å². The van der Waals surface area contributed by atoms with Crippen LogP contribution in [0.3, 0.4) is 0 Å². The van der Waals surface area contributed by atoms with E-state index < -0.39 is 5.97 Å². The molecule has 1 aromatic rings. The van der Waals surface area contributed by atoms with Crippen molar-refractivity contribution in [3.05, 3.63) is 29.3 Å². The van der Waals surface area contributed by atoms with Gasteiger partial charge in [-0.2, -0.15) is 0 Å². The van der Waals surface area contributed by atoms with Crippen molar-refractivity contribution >= 4 is 17.6 Å². The number of aliphatic carboxylic acids is 1. The number of hydrogen-bond donors (Lipinski definition) is 3. The average molecular weight is 264 g/mol. The maximum Gasteiger partial charge on any atom is 0.305 e. The molecule has 1 aromatic carbocycles. The number of rotatable bonds is 5. The lowest BCUT2D eigenvalue weighted by molar-refractivity contribution is -0.137. The predicted molar refractivity (Wildman–Crippen MR) is 73.9 cm³/mol. The number of aryl methyl sites for hydroxylation is 1. The molecule has 0 bridgehead atoms. The standard InChI is InChI=1S/C14H20N2O3/c1-8(2)12(7-13(17)18)16-14(19)10-4-5-11(15)9(3)6-10/h4-6,8,12H,7,15H2,1-3H3,(H,16,19)(H,17,18). The number of nitrogens with two attached hydrogens (primary N) is 1. The van der Waals surface area contributed by atoms with Gasteiger partial charge in [0.2, 0.25) is 0 Å². The number of hydrogen-bond acceptors (Lipinski definition) is 3. The zero-order valence-electron chi connectivity index (χ0n) is 11.4. The van der Waals surface area contributed by atoms with Crippen LogP contribution >= 0.6 is 0 Å². The molecule has 0 aromatic heterocycles. The highest BCUT2D eigenvalue weighted by Gasteiger charge is 2.20. The Morgan fingerprint density at radius 1 is 1.37 bits per heavy atom. The quantitative estimate of drug-likeness (QED) is 0.707. The molecule has 5 nitrogen and oxygen atoms in total. The van der Waals surface area contributed by atoms with Gasteiger partial charge in [-0.05, 0) is 36.6 Å². The van der Waals surface area contributed by atoms with Gasteiger partial charge < -0.3 is 16.2 Å². The number of nitrogens with one attached hydrogen (secondary N) is 1. The molecule has 0 spiro atoms. The summed E-state index contributed by atoms with van der Waals surface area (Å²) in [6.07, 6.45) is -0.0860. The number of amides is 1. The lowest BCUT2D eigenvalue weighted by Gasteiger charge is -2.20. The molecule has 19 heavy (non-hydrogen) atoms. The Morgan fingerprint density at radius 2 is 2.00 bits per heavy atom. The van der Waals surface area contributed by atoms with Crippen LogP contribution in [0.4, 0.5) is 5.69 Å². The fourth-order valence-electron chi connectivity index (χ4n) is 1.71. The largest absolute Gasteiger partial charge is 0.481 e. The van der Waals surface area contributed by atoms with Gasteiger partial charge in [-0.25, -0.2) is 0 Å². The summed E-state index contributed by atoms with van der Waals surface area (Å²) in [5, 5.41) is 11.6. The molecule has 0 saturated heterocycles. The van der Waals surface area contributed by atoms with Crippen LogP contribution < -0.4 is 11.1 Å². The second kappa shape index (κ2) is 6.22. The van der Waals surface area contributed by atoms with Crippen LogP contribution in [0.5, 0.6) is 0 Å². The van der Waals surface area contributed by atoms with Crippen molar-refractivity contribution in [3.8, 4) is 0 Å². The maximum absolute atomic E-state index is 12.1. The minimum Gasteiger partial charge on any atom is -0.481 e. The normalized spacial score (nSPS) is 12.2. The highest BCUT2D eigenvalue weighted by molar-refractivity contribution is 5.95. The van der Waals surface area contributed by atoms with E-state index in [1.54, 1.807) is 18.2 Å². The average Bonchev–Trinajstić information content (AvgIpc) is 2.31. The first kappa shape index (κ1) is 15.0. The third-order valence-electron chi connectivity index (χ3n) is 3.05. The predicted octanol–water partition coefficient (Wildman–Crippen LogP) is 1.81. The third kappa shape index (κ3) is 4.28. The van der Waals surface area contributed by atoms with Gasteiger partial charge in [0.25, 0.3) is 5.91 Å². The molecule has 1 amide bonds. The number of nitrogen functional groups attached to an aromatic ring is 1. The lowest BCUT2D eigenvalue weighted by Crippen LogP contribution is -2.40. The van der Waals surface area contributed by atoms with Gasteiger partial charge in [-0.15, -0.1) is 0 Å². The molecule has 1 atom stereocenters. The highest BCUT2D eigenvalue weighted by atomic mass is 16.4. The summed E-state index contributed by atoms with van der Waals surface area (Å²) in [5.74, 6) is -1.15. The molecule has 104 valence electrons. The van der Waals surface area contributed by atoms with Crippen molar-refractivity contribution in [1.29, 1.82) is 0 Å². The van der Waals surface area contributed by atoms with E-state index in [0.717, 1.165) is 5.56 Å². The molecule has 1 unspecified atom stereocenters. The lowest BCUT2D eigenvalue weighted by atomic mass is 10.00. The van der Waals surface area contributed by atoms with Crippen molar-refractivity contribution in [2.75, 3.05) is 5.73 Å². The number of benzene rings is 1. The van der Waals surface area contributed by atoms with Gasteiger partial charge in [0.05, 0.1) is 6.42 Å². The minimum atomic E-state index is -0.924. The summed E-state index contributed by atoms with van der Waals surface area (Å²) in [5.41, 5.74) is 7.64. The molecule has 0 heterocycles. The van der Waals surface area contributed by atoms with E-state index in [-0.39, 0.29) is 24.3 Å². The number of carbonyl (C=O) groups excluding carboxylic acids is 1. The van der Waals surface area contributed by atoms with E-state index in [2.05, 4.69) is 5.32 Å². The SMILES string of the molecule is Cc1cc(C(=O)NC(CC(=O)O)C(C)C)ccc1N. The van der Waals surface area contributed by atoms with Crippen molar-refractivity contribution in [3.63, 3.8) is 0 Å². The number of anilines is 1. The number of carboxylic acid groups (broad SMARTS) is 1. The molecule has 4 N–H and O–H groups in total. The van der Waals surface area contributed by atoms with Crippen LogP contribution in [0.1, 0.15) is 36.2 Å². The molecule has 0 aliphatic heterocycles. The van der Waals surface area contributed by atoms with Gasteiger partial charge in [0.1, 0.15) is 0 Å². The molecule has 0 radical (unpaired) electrons. The molecule has 1 rings (SSSR count). The van der Waals surface area contributed by atoms with Gasteiger partial charge in [0.15, 0.2) is 0 Å². The van der Waals surface area contributed by atoms with Crippen molar-refractivity contribution in [2.24, 2.45) is 5.92 Å². The summed E-state index contributed by atoms with van der Waals surface area (Å²) >= 11 is 0. The number of carboxylic acids is 1. The van der Waals surface area contributed by atoms with Crippen LogP contribution in [0.25, 0.3) is 0 Å². The van der Waals surface area contributed by atoms with E-state index in [1.807, 2.05) is 20.8 Å². The Bertz CT molecular complexity index is 484. The molecule has 5 heteroatoms. The van der Waals surface area contributed by atoms with Crippen LogP contribution in [0.2, 0.25) is 0 Å². The van der Waals surface area contributed by atoms with E-state index in [9.17, 15) is 9.59 Å². The molecular formula is C14H20N2O3. The first-order chi connectivity index (χ1) is 8.81. The van der Waals surface area contributed by atoms with Crippen LogP contribution in [-0.2, 0) is 4.79 Å². The second-order valence-electron chi connectivity index (χ2n) is 4.99. The molecule has 0 aliphatic rings. The second-order valence-corrected chi connectivity index (χ2v) is 4.99. The summed E-state index contributed by atoms with van der Waals surface area (Å²) in [4.78, 5) is 22.8. The smallest absolute Gasteiger partial charge is 0.305 e. The molecule has 0 saturated carbocycles. The Kier molecular flexibility index (Phi) is 4.92. The van der Waals surface area contributed by atoms with E-state index in [4.69, 9.17) is 10.8 Å². The Labute approximate surface area is 112 Å². The Balaban J connectivity index is 2.81. The molecular weight excluding hydrogens is 244 g/mol. The van der Waals surface area contributed by atoms with Gasteiger partial charge in [0, 0.05) is 17.3 Å². The van der Waals surface area contributed by atoms with Gasteiger partial charge in [-0.1, -0.05) is 13.8 Å². The molecule has 0 aliphatic carbocycles.